The van der Waals surface area contributed by atoms with Crippen molar-refractivity contribution in [3.63, 3.8) is 0 Å². The fraction of sp³-hybridized carbons (Fsp3) is 0.321. The van der Waals surface area contributed by atoms with Crippen LogP contribution in [0.25, 0.3) is 0 Å². The number of aliphatic hydroxyl groups is 1. The highest BCUT2D eigenvalue weighted by atomic mass is 16.7. The highest BCUT2D eigenvalue weighted by Crippen LogP contribution is 2.34. The van der Waals surface area contributed by atoms with Crippen molar-refractivity contribution in [3.8, 4) is 0 Å². The number of hydrogen-bond acceptors (Lipinski definition) is 6. The van der Waals surface area contributed by atoms with E-state index < -0.39 is 36.9 Å². The largest absolute Gasteiger partial charge is 0.388 e. The molecule has 3 aromatic carbocycles. The summed E-state index contributed by atoms with van der Waals surface area (Å²) in [5.41, 5.74) is 2.69. The highest BCUT2D eigenvalue weighted by Gasteiger charge is 2.50. The van der Waals surface area contributed by atoms with Crippen LogP contribution in [0.15, 0.2) is 91.0 Å². The highest BCUT2D eigenvalue weighted by molar-refractivity contribution is 5.79. The monoisotopic (exact) mass is 475 g/mol. The summed E-state index contributed by atoms with van der Waals surface area (Å²) in [5, 5.41) is 14.3. The van der Waals surface area contributed by atoms with Crippen LogP contribution in [-0.4, -0.2) is 48.3 Å². The third kappa shape index (κ3) is 5.78. The van der Waals surface area contributed by atoms with Gasteiger partial charge < -0.3 is 29.4 Å². The van der Waals surface area contributed by atoms with Gasteiger partial charge in [-0.25, -0.2) is 0 Å². The van der Waals surface area contributed by atoms with Crippen LogP contribution in [0.3, 0.4) is 0 Å². The summed E-state index contributed by atoms with van der Waals surface area (Å²) in [6, 6.07) is 27.9. The first kappa shape index (κ1) is 23.7. The lowest BCUT2D eigenvalue weighted by atomic mass is 9.95. The normalized spacial score (nSPS) is 28.1. The van der Waals surface area contributed by atoms with Gasteiger partial charge >= 0.3 is 0 Å². The molecule has 7 nitrogen and oxygen atoms in total. The zero-order valence-corrected chi connectivity index (χ0v) is 19.2. The molecule has 0 radical (unpaired) electrons. The Hall–Kier alpha value is -3.07. The van der Waals surface area contributed by atoms with Gasteiger partial charge in [-0.1, -0.05) is 91.0 Å². The number of carbonyl (C=O) groups is 1. The van der Waals surface area contributed by atoms with Gasteiger partial charge in [-0.3, -0.25) is 4.79 Å². The summed E-state index contributed by atoms with van der Waals surface area (Å²) in [4.78, 5) is 12.9. The van der Waals surface area contributed by atoms with E-state index in [1.54, 1.807) is 0 Å². The molecule has 3 aromatic rings. The first-order valence-corrected chi connectivity index (χ1v) is 11.8. The molecule has 0 aromatic heterocycles. The molecular weight excluding hydrogens is 446 g/mol. The van der Waals surface area contributed by atoms with Gasteiger partial charge in [0, 0.05) is 5.56 Å². The van der Waals surface area contributed by atoms with Crippen LogP contribution in [0.5, 0.6) is 0 Å². The molecule has 35 heavy (non-hydrogen) atoms. The maximum Gasteiger partial charge on any atom is 0.224 e. The fourth-order valence-corrected chi connectivity index (χ4v) is 4.44. The maximum absolute atomic E-state index is 12.9. The third-order valence-corrected chi connectivity index (χ3v) is 6.23. The fourth-order valence-electron chi connectivity index (χ4n) is 4.44. The van der Waals surface area contributed by atoms with E-state index in [1.165, 1.54) is 0 Å². The molecule has 2 saturated heterocycles. The van der Waals surface area contributed by atoms with Crippen molar-refractivity contribution in [3.05, 3.63) is 108 Å². The summed E-state index contributed by atoms with van der Waals surface area (Å²) >= 11 is 0. The number of ether oxygens (including phenoxy) is 4. The Morgan fingerprint density at radius 1 is 0.886 bits per heavy atom. The average Bonchev–Trinajstić information content (AvgIpc) is 2.91. The first-order valence-electron chi connectivity index (χ1n) is 11.8. The molecule has 182 valence electrons. The minimum atomic E-state index is -1.05. The molecule has 2 aliphatic heterocycles. The minimum Gasteiger partial charge on any atom is -0.388 e. The van der Waals surface area contributed by atoms with Gasteiger partial charge in [-0.2, -0.15) is 0 Å². The van der Waals surface area contributed by atoms with E-state index in [4.69, 9.17) is 18.9 Å². The molecule has 1 unspecified atom stereocenters. The number of amides is 1. The molecule has 2 N–H and O–H groups in total. The van der Waals surface area contributed by atoms with Gasteiger partial charge in [0.05, 0.1) is 19.6 Å². The smallest absolute Gasteiger partial charge is 0.224 e. The molecule has 0 saturated carbocycles. The standard InChI is InChI=1S/C28H29NO6/c30-23(16-19-10-4-1-5-11-19)29-24-25(31)26-22(18-33-27(35-26)21-14-8-3-9-15-21)34-28(24)32-17-20-12-6-2-7-13-20/h1-15,22,24-28,31H,16-18H2,(H,29,30)/t22-,24-,25-,26-,27?,28+/m1/s1. The van der Waals surface area contributed by atoms with Crippen LogP contribution in [0.4, 0.5) is 0 Å². The van der Waals surface area contributed by atoms with Gasteiger partial charge in [-0.15, -0.1) is 0 Å². The summed E-state index contributed by atoms with van der Waals surface area (Å²) < 4.78 is 24.3. The zero-order chi connectivity index (χ0) is 24.0. The average molecular weight is 476 g/mol. The molecule has 1 amide bonds. The maximum atomic E-state index is 12.9. The van der Waals surface area contributed by atoms with E-state index >= 15 is 0 Å². The van der Waals surface area contributed by atoms with E-state index in [9.17, 15) is 9.90 Å². The third-order valence-electron chi connectivity index (χ3n) is 6.23. The molecule has 2 fully saturated rings. The van der Waals surface area contributed by atoms with Gasteiger partial charge in [0.1, 0.15) is 24.4 Å². The second-order valence-electron chi connectivity index (χ2n) is 8.76. The number of benzene rings is 3. The Kier molecular flexibility index (Phi) is 7.51. The molecular formula is C28H29NO6. The minimum absolute atomic E-state index is 0.181. The molecule has 5 rings (SSSR count). The molecule has 7 heteroatoms. The lowest BCUT2D eigenvalue weighted by molar-refractivity contribution is -0.345. The number of fused-ring (bicyclic) bond motifs is 1. The number of hydrogen-bond donors (Lipinski definition) is 2. The molecule has 2 heterocycles. The van der Waals surface area contributed by atoms with Gasteiger partial charge in [0.15, 0.2) is 12.6 Å². The quantitative estimate of drug-likeness (QED) is 0.546. The van der Waals surface area contributed by atoms with Gasteiger partial charge in [0.2, 0.25) is 5.91 Å². The van der Waals surface area contributed by atoms with Gasteiger partial charge in [-0.05, 0) is 11.1 Å². The van der Waals surface area contributed by atoms with Crippen molar-refractivity contribution >= 4 is 5.91 Å². The van der Waals surface area contributed by atoms with Crippen molar-refractivity contribution in [1.29, 1.82) is 0 Å². The number of aliphatic hydroxyl groups excluding tert-OH is 1. The molecule has 2 aliphatic rings. The molecule has 0 spiro atoms. The topological polar surface area (TPSA) is 86.3 Å². The Morgan fingerprint density at radius 2 is 1.51 bits per heavy atom. The summed E-state index contributed by atoms with van der Waals surface area (Å²) in [5.74, 6) is -0.234. The number of nitrogens with one attached hydrogen (secondary N) is 1. The predicted octanol–water partition coefficient (Wildman–Crippen LogP) is 3.13. The Labute approximate surface area is 204 Å². The van der Waals surface area contributed by atoms with E-state index in [1.807, 2.05) is 91.0 Å². The Balaban J connectivity index is 1.32. The first-order chi connectivity index (χ1) is 17.2. The van der Waals surface area contributed by atoms with E-state index in [2.05, 4.69) is 5.32 Å². The van der Waals surface area contributed by atoms with Crippen LogP contribution >= 0.6 is 0 Å². The Bertz CT molecular complexity index is 1080. The van der Waals surface area contributed by atoms with Crippen molar-refractivity contribution in [2.45, 2.75) is 50.0 Å². The second-order valence-corrected chi connectivity index (χ2v) is 8.76. The van der Waals surface area contributed by atoms with Crippen molar-refractivity contribution < 1.29 is 28.8 Å². The van der Waals surface area contributed by atoms with Crippen molar-refractivity contribution in [1.82, 2.24) is 5.32 Å². The number of rotatable bonds is 7. The lowest BCUT2D eigenvalue weighted by Gasteiger charge is -2.47. The summed E-state index contributed by atoms with van der Waals surface area (Å²) in [7, 11) is 0. The van der Waals surface area contributed by atoms with Crippen LogP contribution in [0.1, 0.15) is 23.0 Å². The van der Waals surface area contributed by atoms with Crippen LogP contribution in [-0.2, 0) is 36.8 Å². The molecule has 0 bridgehead atoms. The van der Waals surface area contributed by atoms with Crippen molar-refractivity contribution in [2.24, 2.45) is 0 Å². The van der Waals surface area contributed by atoms with Crippen LogP contribution < -0.4 is 5.32 Å². The molecule has 0 aliphatic carbocycles. The molecule has 6 atom stereocenters. The second kappa shape index (κ2) is 11.1. The summed E-state index contributed by atoms with van der Waals surface area (Å²) in [6.07, 6.45) is -3.59. The zero-order valence-electron chi connectivity index (χ0n) is 19.2. The number of carbonyl (C=O) groups excluding carboxylic acids is 1. The van der Waals surface area contributed by atoms with Gasteiger partial charge in [0.25, 0.3) is 0 Å². The summed E-state index contributed by atoms with van der Waals surface area (Å²) in [6.45, 7) is 0.506. The van der Waals surface area contributed by atoms with E-state index in [0.29, 0.717) is 0 Å². The lowest BCUT2D eigenvalue weighted by Crippen LogP contribution is -2.66. The van der Waals surface area contributed by atoms with E-state index in [-0.39, 0.29) is 25.5 Å². The van der Waals surface area contributed by atoms with Crippen LogP contribution in [0, 0.1) is 0 Å². The van der Waals surface area contributed by atoms with Crippen LogP contribution in [0.2, 0.25) is 0 Å². The van der Waals surface area contributed by atoms with E-state index in [0.717, 1.165) is 16.7 Å². The Morgan fingerprint density at radius 3 is 2.20 bits per heavy atom. The predicted molar refractivity (Wildman–Crippen MR) is 128 cm³/mol. The SMILES string of the molecule is O=C(Cc1ccccc1)N[C@H]1[C@@H](OCc2ccccc2)O[C@@H]2COC(c3ccccc3)O[C@H]2[C@@H]1O. The van der Waals surface area contributed by atoms with Crippen molar-refractivity contribution in [2.75, 3.05) is 6.61 Å².